The molecule has 2 aromatic carbocycles. The van der Waals surface area contributed by atoms with E-state index in [1.54, 1.807) is 14.2 Å². The summed E-state index contributed by atoms with van der Waals surface area (Å²) in [6.45, 7) is 5.24. The standard InChI is InChI=1S/C19H25NO2/c1-19(2,13-15-8-6-5-7-9-15)20-14-16-10-11-17(21-3)18(12-16)22-4/h5-12,20H,13-14H2,1-4H3. The van der Waals surface area contributed by atoms with E-state index in [4.69, 9.17) is 9.47 Å². The van der Waals surface area contributed by atoms with Crippen LogP contribution in [0.3, 0.4) is 0 Å². The van der Waals surface area contributed by atoms with Crippen LogP contribution in [0.25, 0.3) is 0 Å². The van der Waals surface area contributed by atoms with Gasteiger partial charge in [-0.25, -0.2) is 0 Å². The second-order valence-corrected chi connectivity index (χ2v) is 6.09. The summed E-state index contributed by atoms with van der Waals surface area (Å²) in [5, 5.41) is 3.62. The highest BCUT2D eigenvalue weighted by Crippen LogP contribution is 2.27. The number of methoxy groups -OCH3 is 2. The lowest BCUT2D eigenvalue weighted by atomic mass is 9.94. The number of hydrogen-bond donors (Lipinski definition) is 1. The van der Waals surface area contributed by atoms with Crippen LogP contribution in [0.5, 0.6) is 11.5 Å². The quantitative estimate of drug-likeness (QED) is 0.843. The normalized spacial score (nSPS) is 11.3. The van der Waals surface area contributed by atoms with Crippen LogP contribution in [-0.2, 0) is 13.0 Å². The molecule has 0 bridgehead atoms. The maximum absolute atomic E-state index is 5.35. The number of benzene rings is 2. The Morgan fingerprint density at radius 1 is 0.864 bits per heavy atom. The van der Waals surface area contributed by atoms with Crippen molar-refractivity contribution in [3.63, 3.8) is 0 Å². The van der Waals surface area contributed by atoms with Crippen LogP contribution >= 0.6 is 0 Å². The average Bonchev–Trinajstić information content (AvgIpc) is 2.53. The van der Waals surface area contributed by atoms with E-state index in [-0.39, 0.29) is 5.54 Å². The SMILES string of the molecule is COc1ccc(CNC(C)(C)Cc2ccccc2)cc1OC. The van der Waals surface area contributed by atoms with E-state index < -0.39 is 0 Å². The van der Waals surface area contributed by atoms with Gasteiger partial charge in [-0.1, -0.05) is 36.4 Å². The molecular formula is C19H25NO2. The molecule has 0 radical (unpaired) electrons. The van der Waals surface area contributed by atoms with Crippen molar-refractivity contribution >= 4 is 0 Å². The fourth-order valence-electron chi connectivity index (χ4n) is 2.50. The molecule has 0 aliphatic heterocycles. The Kier molecular flexibility index (Phi) is 5.45. The van der Waals surface area contributed by atoms with Crippen molar-refractivity contribution in [3.05, 3.63) is 59.7 Å². The Balaban J connectivity index is 1.99. The second kappa shape index (κ2) is 7.32. The van der Waals surface area contributed by atoms with Gasteiger partial charge in [0.15, 0.2) is 11.5 Å². The molecule has 3 nitrogen and oxygen atoms in total. The van der Waals surface area contributed by atoms with E-state index >= 15 is 0 Å². The zero-order chi connectivity index (χ0) is 16.0. The molecule has 2 aromatic rings. The third kappa shape index (κ3) is 4.50. The van der Waals surface area contributed by atoms with Crippen LogP contribution in [0.4, 0.5) is 0 Å². The smallest absolute Gasteiger partial charge is 0.161 e. The van der Waals surface area contributed by atoms with Crippen molar-refractivity contribution in [2.75, 3.05) is 14.2 Å². The van der Waals surface area contributed by atoms with Crippen molar-refractivity contribution in [2.24, 2.45) is 0 Å². The minimum atomic E-state index is 0.0223. The van der Waals surface area contributed by atoms with Gasteiger partial charge in [-0.2, -0.15) is 0 Å². The largest absolute Gasteiger partial charge is 0.493 e. The molecule has 0 heterocycles. The second-order valence-electron chi connectivity index (χ2n) is 6.09. The minimum absolute atomic E-state index is 0.0223. The fraction of sp³-hybridized carbons (Fsp3) is 0.368. The lowest BCUT2D eigenvalue weighted by molar-refractivity contribution is 0.353. The topological polar surface area (TPSA) is 30.5 Å². The van der Waals surface area contributed by atoms with Gasteiger partial charge in [-0.3, -0.25) is 0 Å². The van der Waals surface area contributed by atoms with Crippen LogP contribution in [0.1, 0.15) is 25.0 Å². The van der Waals surface area contributed by atoms with E-state index in [0.29, 0.717) is 0 Å². The highest BCUT2D eigenvalue weighted by atomic mass is 16.5. The third-order valence-corrected chi connectivity index (χ3v) is 3.71. The summed E-state index contributed by atoms with van der Waals surface area (Å²) in [4.78, 5) is 0. The first kappa shape index (κ1) is 16.4. The Hall–Kier alpha value is -2.00. The molecule has 1 N–H and O–H groups in total. The Morgan fingerprint density at radius 3 is 2.18 bits per heavy atom. The summed E-state index contributed by atoms with van der Waals surface area (Å²) in [7, 11) is 3.31. The lowest BCUT2D eigenvalue weighted by Gasteiger charge is -2.27. The molecule has 0 aliphatic carbocycles. The average molecular weight is 299 g/mol. The van der Waals surface area contributed by atoms with Gasteiger partial charge < -0.3 is 14.8 Å². The van der Waals surface area contributed by atoms with Gasteiger partial charge in [0.1, 0.15) is 0 Å². The molecule has 0 fully saturated rings. The van der Waals surface area contributed by atoms with Crippen LogP contribution in [0, 0.1) is 0 Å². The predicted octanol–water partition coefficient (Wildman–Crippen LogP) is 3.81. The molecule has 0 aliphatic rings. The summed E-state index contributed by atoms with van der Waals surface area (Å²) in [5.41, 5.74) is 2.54. The first-order valence-electron chi connectivity index (χ1n) is 7.54. The third-order valence-electron chi connectivity index (χ3n) is 3.71. The van der Waals surface area contributed by atoms with Crippen molar-refractivity contribution in [1.29, 1.82) is 0 Å². The van der Waals surface area contributed by atoms with Gasteiger partial charge in [-0.15, -0.1) is 0 Å². The van der Waals surface area contributed by atoms with Gasteiger partial charge in [0.05, 0.1) is 14.2 Å². The summed E-state index contributed by atoms with van der Waals surface area (Å²) >= 11 is 0. The summed E-state index contributed by atoms with van der Waals surface area (Å²) in [6, 6.07) is 16.6. The lowest BCUT2D eigenvalue weighted by Crippen LogP contribution is -2.40. The fourth-order valence-corrected chi connectivity index (χ4v) is 2.50. The maximum atomic E-state index is 5.35. The van der Waals surface area contributed by atoms with Gasteiger partial charge in [0, 0.05) is 12.1 Å². The van der Waals surface area contributed by atoms with E-state index in [1.807, 2.05) is 18.2 Å². The summed E-state index contributed by atoms with van der Waals surface area (Å²) < 4.78 is 10.6. The monoisotopic (exact) mass is 299 g/mol. The van der Waals surface area contributed by atoms with Gasteiger partial charge >= 0.3 is 0 Å². The number of ether oxygens (including phenoxy) is 2. The first-order chi connectivity index (χ1) is 10.5. The Bertz CT molecular complexity index is 594. The van der Waals surface area contributed by atoms with Crippen molar-refractivity contribution in [3.8, 4) is 11.5 Å². The van der Waals surface area contributed by atoms with E-state index in [2.05, 4.69) is 49.5 Å². The van der Waals surface area contributed by atoms with Gasteiger partial charge in [-0.05, 0) is 43.5 Å². The number of rotatable bonds is 7. The minimum Gasteiger partial charge on any atom is -0.493 e. The van der Waals surface area contributed by atoms with Crippen LogP contribution in [0.2, 0.25) is 0 Å². The van der Waals surface area contributed by atoms with Gasteiger partial charge in [0.25, 0.3) is 0 Å². The maximum Gasteiger partial charge on any atom is 0.161 e. The molecule has 22 heavy (non-hydrogen) atoms. The first-order valence-corrected chi connectivity index (χ1v) is 7.54. The number of hydrogen-bond acceptors (Lipinski definition) is 3. The molecule has 0 aromatic heterocycles. The predicted molar refractivity (Wildman–Crippen MR) is 90.6 cm³/mol. The van der Waals surface area contributed by atoms with E-state index in [1.165, 1.54) is 11.1 Å². The van der Waals surface area contributed by atoms with E-state index in [0.717, 1.165) is 24.5 Å². The van der Waals surface area contributed by atoms with Crippen molar-refractivity contribution in [1.82, 2.24) is 5.32 Å². The van der Waals surface area contributed by atoms with Crippen LogP contribution in [-0.4, -0.2) is 19.8 Å². The summed E-state index contributed by atoms with van der Waals surface area (Å²) in [5.74, 6) is 1.53. The molecule has 118 valence electrons. The zero-order valence-corrected chi connectivity index (χ0v) is 13.8. The molecular weight excluding hydrogens is 274 g/mol. The Morgan fingerprint density at radius 2 is 1.55 bits per heavy atom. The van der Waals surface area contributed by atoms with Crippen LogP contribution < -0.4 is 14.8 Å². The van der Waals surface area contributed by atoms with Crippen LogP contribution in [0.15, 0.2) is 48.5 Å². The molecule has 2 rings (SSSR count). The Labute approximate surface area is 133 Å². The van der Waals surface area contributed by atoms with Crippen molar-refractivity contribution < 1.29 is 9.47 Å². The molecule has 0 amide bonds. The van der Waals surface area contributed by atoms with E-state index in [9.17, 15) is 0 Å². The zero-order valence-electron chi connectivity index (χ0n) is 13.8. The molecule has 3 heteroatoms. The molecule has 0 atom stereocenters. The number of nitrogens with one attached hydrogen (secondary N) is 1. The molecule has 0 saturated heterocycles. The highest BCUT2D eigenvalue weighted by Gasteiger charge is 2.17. The molecule has 0 spiro atoms. The molecule has 0 unspecified atom stereocenters. The highest BCUT2D eigenvalue weighted by molar-refractivity contribution is 5.42. The van der Waals surface area contributed by atoms with Crippen molar-refractivity contribution in [2.45, 2.75) is 32.4 Å². The summed E-state index contributed by atoms with van der Waals surface area (Å²) in [6.07, 6.45) is 0.987. The molecule has 0 saturated carbocycles. The van der Waals surface area contributed by atoms with Gasteiger partial charge in [0.2, 0.25) is 0 Å².